The molecule has 6 nitrogen and oxygen atoms in total. The molecule has 0 amide bonds. The van der Waals surface area contributed by atoms with E-state index >= 15 is 0 Å². The highest BCUT2D eigenvalue weighted by molar-refractivity contribution is 6.31. The van der Waals surface area contributed by atoms with E-state index in [-0.39, 0.29) is 0 Å². The summed E-state index contributed by atoms with van der Waals surface area (Å²) in [7, 11) is 1.64. The summed E-state index contributed by atoms with van der Waals surface area (Å²) < 4.78 is 7.26. The first-order valence-corrected chi connectivity index (χ1v) is 8.31. The van der Waals surface area contributed by atoms with E-state index < -0.39 is 0 Å². The van der Waals surface area contributed by atoms with Gasteiger partial charge in [0.15, 0.2) is 0 Å². The Balaban J connectivity index is 1.90. The third kappa shape index (κ3) is 2.38. The Bertz CT molecular complexity index is 950. The number of fused-ring (bicyclic) bond motifs is 2. The van der Waals surface area contributed by atoms with E-state index in [4.69, 9.17) is 16.3 Å². The number of hydrogen-bond donors (Lipinski definition) is 1. The number of benzene rings is 1. The lowest BCUT2D eigenvalue weighted by atomic mass is 10.2. The monoisotopic (exact) mass is 343 g/mol. The number of nitrogens with one attached hydrogen (secondary N) is 1. The van der Waals surface area contributed by atoms with Gasteiger partial charge in [-0.3, -0.25) is 0 Å². The van der Waals surface area contributed by atoms with Gasteiger partial charge in [-0.05, 0) is 44.7 Å². The van der Waals surface area contributed by atoms with Gasteiger partial charge < -0.3 is 10.1 Å². The molecule has 7 heteroatoms. The number of nitrogens with zero attached hydrogens (tertiary/aromatic N) is 4. The van der Waals surface area contributed by atoms with Crippen LogP contribution in [0.4, 0.5) is 11.5 Å². The zero-order valence-electron chi connectivity index (χ0n) is 13.9. The van der Waals surface area contributed by atoms with Gasteiger partial charge in [0.2, 0.25) is 0 Å². The smallest absolute Gasteiger partial charge is 0.254 e. The summed E-state index contributed by atoms with van der Waals surface area (Å²) in [4.78, 5) is 9.07. The van der Waals surface area contributed by atoms with Crippen LogP contribution in [0.3, 0.4) is 0 Å². The Labute approximate surface area is 144 Å². The van der Waals surface area contributed by atoms with Crippen LogP contribution in [0.1, 0.15) is 29.1 Å². The number of hydrogen-bond acceptors (Lipinski definition) is 5. The molecular formula is C17H18ClN5O. The fourth-order valence-electron chi connectivity index (χ4n) is 3.17. The number of rotatable bonds is 3. The maximum absolute atomic E-state index is 6.21. The van der Waals surface area contributed by atoms with E-state index in [1.54, 1.807) is 11.6 Å². The zero-order chi connectivity index (χ0) is 16.8. The molecule has 0 radical (unpaired) electrons. The third-order valence-corrected chi connectivity index (χ3v) is 4.76. The summed E-state index contributed by atoms with van der Waals surface area (Å²) in [5, 5.41) is 8.66. The number of aromatic nitrogens is 4. The molecule has 1 N–H and O–H groups in total. The first-order valence-electron chi connectivity index (χ1n) is 7.93. The zero-order valence-corrected chi connectivity index (χ0v) is 14.6. The molecule has 0 saturated carbocycles. The van der Waals surface area contributed by atoms with Gasteiger partial charge >= 0.3 is 0 Å². The van der Waals surface area contributed by atoms with Crippen molar-refractivity contribution in [2.45, 2.75) is 33.1 Å². The topological polar surface area (TPSA) is 64.3 Å². The average Bonchev–Trinajstić information content (AvgIpc) is 3.15. The fraction of sp³-hybridized carbons (Fsp3) is 0.353. The van der Waals surface area contributed by atoms with Gasteiger partial charge in [0.05, 0.1) is 18.5 Å². The summed E-state index contributed by atoms with van der Waals surface area (Å²) in [6, 6.07) is 3.81. The first kappa shape index (κ1) is 15.2. The van der Waals surface area contributed by atoms with E-state index in [0.717, 1.165) is 42.0 Å². The molecule has 0 aliphatic heterocycles. The van der Waals surface area contributed by atoms with Crippen molar-refractivity contribution in [3.05, 3.63) is 39.8 Å². The van der Waals surface area contributed by atoms with Crippen LogP contribution in [-0.4, -0.2) is 26.7 Å². The average molecular weight is 344 g/mol. The number of aryl methyl sites for hydroxylation is 3. The number of halogens is 1. The maximum Gasteiger partial charge on any atom is 0.254 e. The Morgan fingerprint density at radius 3 is 2.83 bits per heavy atom. The van der Waals surface area contributed by atoms with E-state index in [1.807, 2.05) is 26.0 Å². The predicted octanol–water partition coefficient (Wildman–Crippen LogP) is 3.64. The lowest BCUT2D eigenvalue weighted by Crippen LogP contribution is -2.08. The molecule has 0 spiro atoms. The minimum Gasteiger partial charge on any atom is -0.495 e. The molecule has 1 aliphatic carbocycles. The van der Waals surface area contributed by atoms with Crippen LogP contribution in [-0.2, 0) is 12.8 Å². The van der Waals surface area contributed by atoms with E-state index in [2.05, 4.69) is 20.4 Å². The lowest BCUT2D eigenvalue weighted by Gasteiger charge is -2.16. The van der Waals surface area contributed by atoms with Crippen molar-refractivity contribution in [2.75, 3.05) is 12.4 Å². The van der Waals surface area contributed by atoms with E-state index in [9.17, 15) is 0 Å². The maximum atomic E-state index is 6.21. The molecule has 3 aromatic rings. The number of ether oxygens (including phenoxy) is 1. The van der Waals surface area contributed by atoms with Crippen molar-refractivity contribution in [1.29, 1.82) is 0 Å². The highest BCUT2D eigenvalue weighted by Gasteiger charge is 2.22. The molecule has 0 fully saturated rings. The largest absolute Gasteiger partial charge is 0.495 e. The van der Waals surface area contributed by atoms with E-state index in [0.29, 0.717) is 22.4 Å². The second-order valence-corrected chi connectivity index (χ2v) is 6.44. The van der Waals surface area contributed by atoms with E-state index in [1.165, 1.54) is 5.56 Å². The van der Waals surface area contributed by atoms with Crippen LogP contribution in [0, 0.1) is 13.8 Å². The highest BCUT2D eigenvalue weighted by atomic mass is 35.5. The van der Waals surface area contributed by atoms with Crippen LogP contribution in [0.15, 0.2) is 12.1 Å². The normalized spacial score (nSPS) is 13.3. The van der Waals surface area contributed by atoms with Crippen molar-refractivity contribution in [3.63, 3.8) is 0 Å². The minimum absolute atomic E-state index is 0.625. The van der Waals surface area contributed by atoms with Gasteiger partial charge in [-0.1, -0.05) is 11.6 Å². The first-order chi connectivity index (χ1) is 11.6. The number of anilines is 2. The summed E-state index contributed by atoms with van der Waals surface area (Å²) in [6.45, 7) is 3.84. The highest BCUT2D eigenvalue weighted by Crippen LogP contribution is 2.36. The molecule has 2 aromatic heterocycles. The van der Waals surface area contributed by atoms with Crippen LogP contribution in [0.2, 0.25) is 5.02 Å². The van der Waals surface area contributed by atoms with Gasteiger partial charge in [0, 0.05) is 16.7 Å². The second kappa shape index (κ2) is 5.63. The van der Waals surface area contributed by atoms with Crippen molar-refractivity contribution in [1.82, 2.24) is 19.6 Å². The molecule has 24 heavy (non-hydrogen) atoms. The summed E-state index contributed by atoms with van der Waals surface area (Å²) in [5.41, 5.74) is 4.13. The summed E-state index contributed by atoms with van der Waals surface area (Å²) in [6.07, 6.45) is 3.05. The Morgan fingerprint density at radius 2 is 2.04 bits per heavy atom. The quantitative estimate of drug-likeness (QED) is 0.786. The van der Waals surface area contributed by atoms with Crippen LogP contribution in [0.5, 0.6) is 5.75 Å². The molecule has 0 saturated heterocycles. The standard InChI is InChI=1S/C17H18ClN5O/c1-9-7-14(15(24-3)8-12(9)18)20-16-11-5-4-6-13(11)21-17-19-10(2)22-23(16)17/h7-8,20H,4-6H2,1-3H3. The Kier molecular flexibility index (Phi) is 3.57. The molecule has 0 atom stereocenters. The van der Waals surface area contributed by atoms with Crippen molar-refractivity contribution in [2.24, 2.45) is 0 Å². The Hall–Kier alpha value is -2.34. The number of methoxy groups -OCH3 is 1. The van der Waals surface area contributed by atoms with Gasteiger partial charge in [0.1, 0.15) is 17.4 Å². The summed E-state index contributed by atoms with van der Waals surface area (Å²) >= 11 is 6.21. The molecule has 124 valence electrons. The molecule has 0 unspecified atom stereocenters. The minimum atomic E-state index is 0.625. The van der Waals surface area contributed by atoms with Crippen molar-refractivity contribution in [3.8, 4) is 5.75 Å². The summed E-state index contributed by atoms with van der Waals surface area (Å²) in [5.74, 6) is 2.93. The fourth-order valence-corrected chi connectivity index (χ4v) is 3.32. The molecule has 1 aliphatic rings. The third-order valence-electron chi connectivity index (χ3n) is 4.35. The molecular weight excluding hydrogens is 326 g/mol. The van der Waals surface area contributed by atoms with Crippen LogP contribution in [0.25, 0.3) is 5.78 Å². The molecule has 0 bridgehead atoms. The molecule has 2 heterocycles. The van der Waals surface area contributed by atoms with Gasteiger partial charge in [0.25, 0.3) is 5.78 Å². The van der Waals surface area contributed by atoms with Crippen LogP contribution < -0.4 is 10.1 Å². The van der Waals surface area contributed by atoms with Gasteiger partial charge in [-0.2, -0.15) is 9.50 Å². The molecule has 4 rings (SSSR count). The van der Waals surface area contributed by atoms with Crippen molar-refractivity contribution < 1.29 is 4.74 Å². The Morgan fingerprint density at radius 1 is 1.21 bits per heavy atom. The lowest BCUT2D eigenvalue weighted by molar-refractivity contribution is 0.416. The van der Waals surface area contributed by atoms with Crippen molar-refractivity contribution >= 4 is 28.9 Å². The van der Waals surface area contributed by atoms with Gasteiger partial charge in [-0.25, -0.2) is 4.98 Å². The second-order valence-electron chi connectivity index (χ2n) is 6.04. The molecule has 1 aromatic carbocycles. The SMILES string of the molecule is COc1cc(Cl)c(C)cc1Nc1c2c(nc3nc(C)nn13)CCC2. The van der Waals surface area contributed by atoms with Crippen LogP contribution >= 0.6 is 11.6 Å². The predicted molar refractivity (Wildman–Crippen MR) is 93.6 cm³/mol. The van der Waals surface area contributed by atoms with Gasteiger partial charge in [-0.15, -0.1) is 5.10 Å².